The summed E-state index contributed by atoms with van der Waals surface area (Å²) in [6, 6.07) is 5.86. The highest BCUT2D eigenvalue weighted by atomic mass is 35.5. The molecule has 0 radical (unpaired) electrons. The second kappa shape index (κ2) is 12.1. The summed E-state index contributed by atoms with van der Waals surface area (Å²) in [5, 5.41) is 0.647. The first-order valence-corrected chi connectivity index (χ1v) is 16.1. The average Bonchev–Trinajstić information content (AvgIpc) is 3.86. The van der Waals surface area contributed by atoms with Gasteiger partial charge < -0.3 is 15.5 Å². The summed E-state index contributed by atoms with van der Waals surface area (Å²) in [6.45, 7) is 14.9. The molecule has 2 aliphatic rings. The minimum atomic E-state index is -0.587. The first kappa shape index (κ1) is 31.6. The lowest BCUT2D eigenvalue weighted by atomic mass is 10.0. The van der Waals surface area contributed by atoms with E-state index in [0.29, 0.717) is 53.8 Å². The Labute approximate surface area is 272 Å². The Kier molecular flexibility index (Phi) is 8.30. The fraction of sp³-hybridized carbons (Fsp3) is 0.412. The molecule has 1 atom stereocenters. The number of piperazine rings is 1. The quantitative estimate of drug-likeness (QED) is 0.193. The predicted octanol–water partition coefficient (Wildman–Crippen LogP) is 5.96. The molecule has 3 aromatic heterocycles. The Bertz CT molecular complexity index is 1890. The molecule has 4 aromatic rings. The summed E-state index contributed by atoms with van der Waals surface area (Å²) in [4.78, 5) is 50.0. The summed E-state index contributed by atoms with van der Waals surface area (Å²) in [7, 11) is 0. The zero-order valence-corrected chi connectivity index (χ0v) is 27.5. The fourth-order valence-electron chi connectivity index (χ4n) is 6.16. The van der Waals surface area contributed by atoms with Crippen LogP contribution in [0.25, 0.3) is 28.0 Å². The molecule has 46 heavy (non-hydrogen) atoms. The monoisotopic (exact) mass is 644 g/mol. The molecule has 0 unspecified atom stereocenters. The maximum Gasteiger partial charge on any atom is 0.355 e. The van der Waals surface area contributed by atoms with Crippen LogP contribution < -0.4 is 16.3 Å². The van der Waals surface area contributed by atoms with Crippen molar-refractivity contribution >= 4 is 40.0 Å². The molecule has 4 heterocycles. The highest BCUT2D eigenvalue weighted by molar-refractivity contribution is 6.34. The number of anilines is 2. The van der Waals surface area contributed by atoms with E-state index in [1.54, 1.807) is 17.0 Å². The molecule has 2 N–H and O–H groups in total. The summed E-state index contributed by atoms with van der Waals surface area (Å²) in [5.74, 6) is 0.612. The summed E-state index contributed by atoms with van der Waals surface area (Å²) < 4.78 is 16.8. The Balaban J connectivity index is 1.68. The molecule has 1 saturated carbocycles. The Hall–Kier alpha value is -4.38. The van der Waals surface area contributed by atoms with Gasteiger partial charge in [-0.1, -0.05) is 51.9 Å². The van der Waals surface area contributed by atoms with Crippen molar-refractivity contribution in [2.75, 3.05) is 30.3 Å². The molecular formula is C34H38ClFN8O2. The van der Waals surface area contributed by atoms with Crippen LogP contribution in [0.2, 0.25) is 5.02 Å². The molecule has 1 aliphatic heterocycles. The number of hydrogen-bond donors (Lipinski definition) is 1. The number of hydrogen-bond acceptors (Lipinski definition) is 8. The van der Waals surface area contributed by atoms with Crippen molar-refractivity contribution < 1.29 is 9.18 Å². The largest absolute Gasteiger partial charge is 0.398 e. The number of carbonyl (C=O) groups excluding carboxylic acids is 1. The van der Waals surface area contributed by atoms with Crippen molar-refractivity contribution in [1.29, 1.82) is 0 Å². The fourth-order valence-corrected chi connectivity index (χ4v) is 6.41. The lowest BCUT2D eigenvalue weighted by Gasteiger charge is -2.40. The SMILES string of the molecule is C=CC(=O)N1CCN(c2nc(=O)n(-c3c(C(C)C)nc(C4CC4)nc3C(C)C)c3nc(-c4c(N)cccc4F)c(Cl)cc23)[C@@H](C)C1. The second-order valence-corrected chi connectivity index (χ2v) is 13.2. The van der Waals surface area contributed by atoms with E-state index in [1.165, 1.54) is 22.8 Å². The number of carbonyl (C=O) groups is 1. The normalized spacial score (nSPS) is 16.9. The van der Waals surface area contributed by atoms with Gasteiger partial charge in [-0.3, -0.25) is 4.79 Å². The van der Waals surface area contributed by atoms with Gasteiger partial charge in [0, 0.05) is 37.3 Å². The third-order valence-electron chi connectivity index (χ3n) is 8.69. The second-order valence-electron chi connectivity index (χ2n) is 12.8. The number of nitrogens with two attached hydrogens (primary N) is 1. The third-order valence-corrected chi connectivity index (χ3v) is 8.97. The third kappa shape index (κ3) is 5.50. The molecule has 2 fully saturated rings. The van der Waals surface area contributed by atoms with Crippen molar-refractivity contribution in [3.05, 3.63) is 75.5 Å². The molecule has 0 spiro atoms. The van der Waals surface area contributed by atoms with Crippen LogP contribution in [0.15, 0.2) is 41.7 Å². The van der Waals surface area contributed by atoms with Crippen molar-refractivity contribution in [3.8, 4) is 16.9 Å². The van der Waals surface area contributed by atoms with Gasteiger partial charge in [0.1, 0.15) is 17.5 Å². The van der Waals surface area contributed by atoms with Gasteiger partial charge in [0.25, 0.3) is 0 Å². The van der Waals surface area contributed by atoms with E-state index < -0.39 is 11.5 Å². The Morgan fingerprint density at radius 3 is 2.33 bits per heavy atom. The topological polar surface area (TPSA) is 123 Å². The zero-order valence-electron chi connectivity index (χ0n) is 26.7. The van der Waals surface area contributed by atoms with Crippen molar-refractivity contribution in [3.63, 3.8) is 0 Å². The maximum absolute atomic E-state index is 15.3. The van der Waals surface area contributed by atoms with Crippen LogP contribution in [-0.2, 0) is 4.79 Å². The number of aromatic nitrogens is 5. The van der Waals surface area contributed by atoms with Gasteiger partial charge in [-0.15, -0.1) is 0 Å². The number of rotatable bonds is 7. The van der Waals surface area contributed by atoms with Gasteiger partial charge >= 0.3 is 5.69 Å². The van der Waals surface area contributed by atoms with Crippen LogP contribution in [0.5, 0.6) is 0 Å². The predicted molar refractivity (Wildman–Crippen MR) is 179 cm³/mol. The Morgan fingerprint density at radius 2 is 1.76 bits per heavy atom. The van der Waals surface area contributed by atoms with E-state index in [4.69, 9.17) is 32.3 Å². The number of nitrogen functional groups attached to an aromatic ring is 1. The number of benzene rings is 1. The van der Waals surface area contributed by atoms with Gasteiger partial charge in [0.15, 0.2) is 5.65 Å². The molecule has 1 aliphatic carbocycles. The van der Waals surface area contributed by atoms with Crippen LogP contribution in [0.4, 0.5) is 15.9 Å². The molecule has 1 amide bonds. The van der Waals surface area contributed by atoms with Gasteiger partial charge in [0.2, 0.25) is 5.91 Å². The first-order valence-electron chi connectivity index (χ1n) is 15.7. The number of halogens is 2. The number of nitrogens with zero attached hydrogens (tertiary/aromatic N) is 7. The standard InChI is InChI=1S/C34H38ClFN8O2/c1-7-25(45)42-13-14-43(19(6)16-42)32-21-15-22(35)29(26-23(36)9-8-10-24(26)37)40-33(21)44(34(46)41-32)30-27(17(2)3)38-31(20-11-12-20)39-28(30)18(4)5/h7-10,15,17-20H,1,11-14,16,37H2,2-6H3/t19-/m0/s1. The van der Waals surface area contributed by atoms with Crippen LogP contribution in [0, 0.1) is 5.82 Å². The highest BCUT2D eigenvalue weighted by Crippen LogP contribution is 2.42. The lowest BCUT2D eigenvalue weighted by Crippen LogP contribution is -2.54. The molecule has 240 valence electrons. The smallest absolute Gasteiger partial charge is 0.355 e. The molecular weight excluding hydrogens is 607 g/mol. The molecule has 1 saturated heterocycles. The van der Waals surface area contributed by atoms with E-state index in [9.17, 15) is 9.59 Å². The van der Waals surface area contributed by atoms with Crippen LogP contribution in [-0.4, -0.2) is 61.0 Å². The number of amides is 1. The van der Waals surface area contributed by atoms with E-state index >= 15 is 4.39 Å². The number of pyridine rings is 1. The van der Waals surface area contributed by atoms with Gasteiger partial charge in [-0.05, 0) is 55.9 Å². The highest BCUT2D eigenvalue weighted by Gasteiger charge is 2.33. The average molecular weight is 645 g/mol. The lowest BCUT2D eigenvalue weighted by molar-refractivity contribution is -0.126. The van der Waals surface area contributed by atoms with Gasteiger partial charge in [-0.2, -0.15) is 4.98 Å². The summed E-state index contributed by atoms with van der Waals surface area (Å²) in [6.07, 6.45) is 3.36. The van der Waals surface area contributed by atoms with Gasteiger partial charge in [-0.25, -0.2) is 28.7 Å². The van der Waals surface area contributed by atoms with Gasteiger partial charge in [0.05, 0.1) is 38.7 Å². The molecule has 10 nitrogen and oxygen atoms in total. The number of fused-ring (bicyclic) bond motifs is 1. The molecule has 0 bridgehead atoms. The molecule has 6 rings (SSSR count). The molecule has 12 heteroatoms. The van der Waals surface area contributed by atoms with Crippen molar-refractivity contribution in [2.45, 2.75) is 71.3 Å². The Morgan fingerprint density at radius 1 is 1.09 bits per heavy atom. The van der Waals surface area contributed by atoms with Crippen LogP contribution in [0.3, 0.4) is 0 Å². The summed E-state index contributed by atoms with van der Waals surface area (Å²) in [5.41, 5.74) is 8.19. The summed E-state index contributed by atoms with van der Waals surface area (Å²) >= 11 is 6.87. The minimum Gasteiger partial charge on any atom is -0.398 e. The zero-order chi connectivity index (χ0) is 33.0. The minimum absolute atomic E-state index is 0.0465. The van der Waals surface area contributed by atoms with Crippen LogP contribution >= 0.6 is 11.6 Å². The van der Waals surface area contributed by atoms with E-state index in [0.717, 1.165) is 18.7 Å². The van der Waals surface area contributed by atoms with E-state index in [-0.39, 0.29) is 51.4 Å². The maximum atomic E-state index is 15.3. The van der Waals surface area contributed by atoms with Crippen molar-refractivity contribution in [2.24, 2.45) is 0 Å². The first-order chi connectivity index (χ1) is 21.9. The molecule has 1 aromatic carbocycles. The van der Waals surface area contributed by atoms with E-state index in [2.05, 4.69) is 11.6 Å². The van der Waals surface area contributed by atoms with E-state index in [1.807, 2.05) is 39.5 Å². The van der Waals surface area contributed by atoms with Crippen LogP contribution in [0.1, 0.15) is 82.4 Å². The van der Waals surface area contributed by atoms with Crippen molar-refractivity contribution in [1.82, 2.24) is 29.4 Å².